The lowest BCUT2D eigenvalue weighted by Gasteiger charge is -2.25. The lowest BCUT2D eigenvalue weighted by Crippen LogP contribution is -2.36. The first kappa shape index (κ1) is 14.0. The van der Waals surface area contributed by atoms with Gasteiger partial charge in [-0.25, -0.2) is 0 Å². The van der Waals surface area contributed by atoms with Gasteiger partial charge in [0, 0.05) is 0 Å². The minimum Gasteiger partial charge on any atom is -0.480 e. The van der Waals surface area contributed by atoms with Crippen LogP contribution >= 0.6 is 0 Å². The molecule has 0 saturated heterocycles. The monoisotopic (exact) mass is 243 g/mol. The van der Waals surface area contributed by atoms with Crippen LogP contribution in [0.1, 0.15) is 38.5 Å². The van der Waals surface area contributed by atoms with Gasteiger partial charge < -0.3 is 10.2 Å². The highest BCUT2D eigenvalue weighted by Crippen LogP contribution is 2.26. The Hall–Kier alpha value is -1.10. The average molecular weight is 243 g/mol. The van der Waals surface area contributed by atoms with Gasteiger partial charge in [0.25, 0.3) is 0 Å². The maximum Gasteiger partial charge on any atom is 0.317 e. The SMILES string of the molecule is O=C(O)CN(CCC1CCCCC1)CC(=O)O. The minimum absolute atomic E-state index is 0.182. The first-order valence-electron chi connectivity index (χ1n) is 6.24. The maximum atomic E-state index is 10.6. The highest BCUT2D eigenvalue weighted by molar-refractivity contribution is 5.72. The number of carboxylic acid groups (broad SMARTS) is 2. The van der Waals surface area contributed by atoms with Gasteiger partial charge >= 0.3 is 11.9 Å². The molecular formula is C12H21NO4. The van der Waals surface area contributed by atoms with Crippen LogP contribution in [0, 0.1) is 5.92 Å². The highest BCUT2D eigenvalue weighted by Gasteiger charge is 2.17. The van der Waals surface area contributed by atoms with Crippen LogP contribution in [-0.2, 0) is 9.59 Å². The number of hydrogen-bond donors (Lipinski definition) is 2. The van der Waals surface area contributed by atoms with Crippen molar-refractivity contribution in [3.8, 4) is 0 Å². The largest absolute Gasteiger partial charge is 0.480 e. The Bertz CT molecular complexity index is 245. The van der Waals surface area contributed by atoms with Crippen molar-refractivity contribution in [2.45, 2.75) is 38.5 Å². The predicted octanol–water partition coefficient (Wildman–Crippen LogP) is 1.43. The number of hydrogen-bond acceptors (Lipinski definition) is 3. The number of aliphatic carboxylic acids is 2. The number of nitrogens with zero attached hydrogens (tertiary/aromatic N) is 1. The second kappa shape index (κ2) is 7.27. The topological polar surface area (TPSA) is 77.8 Å². The summed E-state index contributed by atoms with van der Waals surface area (Å²) in [5.41, 5.74) is 0. The van der Waals surface area contributed by atoms with Crippen molar-refractivity contribution in [1.82, 2.24) is 4.90 Å². The van der Waals surface area contributed by atoms with Gasteiger partial charge in [-0.2, -0.15) is 0 Å². The van der Waals surface area contributed by atoms with Crippen LogP contribution in [0.5, 0.6) is 0 Å². The van der Waals surface area contributed by atoms with E-state index in [1.54, 1.807) is 0 Å². The van der Waals surface area contributed by atoms with Gasteiger partial charge in [0.15, 0.2) is 0 Å². The molecule has 1 saturated carbocycles. The molecule has 0 bridgehead atoms. The van der Waals surface area contributed by atoms with Crippen molar-refractivity contribution in [2.24, 2.45) is 5.92 Å². The van der Waals surface area contributed by atoms with E-state index in [9.17, 15) is 9.59 Å². The molecular weight excluding hydrogens is 222 g/mol. The van der Waals surface area contributed by atoms with Gasteiger partial charge in [-0.15, -0.1) is 0 Å². The summed E-state index contributed by atoms with van der Waals surface area (Å²) in [7, 11) is 0. The third kappa shape index (κ3) is 6.26. The summed E-state index contributed by atoms with van der Waals surface area (Å²) in [4.78, 5) is 22.7. The molecule has 1 aliphatic rings. The molecule has 5 nitrogen and oxygen atoms in total. The second-order valence-electron chi connectivity index (χ2n) is 4.79. The molecule has 0 unspecified atom stereocenters. The van der Waals surface area contributed by atoms with E-state index in [0.717, 1.165) is 6.42 Å². The fourth-order valence-electron chi connectivity index (χ4n) is 2.44. The van der Waals surface area contributed by atoms with Crippen molar-refractivity contribution in [3.63, 3.8) is 0 Å². The van der Waals surface area contributed by atoms with Crippen molar-refractivity contribution < 1.29 is 19.8 Å². The van der Waals surface area contributed by atoms with Gasteiger partial charge in [-0.05, 0) is 18.9 Å². The zero-order chi connectivity index (χ0) is 12.7. The molecule has 0 radical (unpaired) electrons. The first-order chi connectivity index (χ1) is 8.08. The Morgan fingerprint density at radius 2 is 1.53 bits per heavy atom. The van der Waals surface area contributed by atoms with Crippen LogP contribution < -0.4 is 0 Å². The first-order valence-corrected chi connectivity index (χ1v) is 6.24. The van der Waals surface area contributed by atoms with E-state index in [4.69, 9.17) is 10.2 Å². The number of carbonyl (C=O) groups is 2. The maximum absolute atomic E-state index is 10.6. The van der Waals surface area contributed by atoms with Crippen LogP contribution in [0.3, 0.4) is 0 Å². The van der Waals surface area contributed by atoms with E-state index in [0.29, 0.717) is 12.5 Å². The minimum atomic E-state index is -0.963. The Balaban J connectivity index is 2.31. The molecule has 0 heterocycles. The summed E-state index contributed by atoms with van der Waals surface area (Å²) in [6.07, 6.45) is 7.12. The van der Waals surface area contributed by atoms with E-state index >= 15 is 0 Å². The van der Waals surface area contributed by atoms with Crippen LogP contribution in [0.2, 0.25) is 0 Å². The predicted molar refractivity (Wildman–Crippen MR) is 62.9 cm³/mol. The standard InChI is InChI=1S/C12H21NO4/c14-11(15)8-13(9-12(16)17)7-6-10-4-2-1-3-5-10/h10H,1-9H2,(H,14,15)(H,16,17). The average Bonchev–Trinajstić information content (AvgIpc) is 2.26. The van der Waals surface area contributed by atoms with Crippen LogP contribution in [0.4, 0.5) is 0 Å². The third-order valence-corrected chi connectivity index (χ3v) is 3.30. The molecule has 0 aromatic heterocycles. The van der Waals surface area contributed by atoms with E-state index < -0.39 is 11.9 Å². The van der Waals surface area contributed by atoms with E-state index in [2.05, 4.69) is 0 Å². The Kier molecular flexibility index (Phi) is 5.97. The summed E-state index contributed by atoms with van der Waals surface area (Å²) in [6.45, 7) is 0.210. The van der Waals surface area contributed by atoms with Crippen LogP contribution in [0.15, 0.2) is 0 Å². The van der Waals surface area contributed by atoms with E-state index in [-0.39, 0.29) is 13.1 Å². The fraction of sp³-hybridized carbons (Fsp3) is 0.833. The molecule has 5 heteroatoms. The normalized spacial score (nSPS) is 17.2. The zero-order valence-electron chi connectivity index (χ0n) is 10.1. The Morgan fingerprint density at radius 3 is 2.00 bits per heavy atom. The smallest absolute Gasteiger partial charge is 0.317 e. The van der Waals surface area contributed by atoms with Crippen LogP contribution in [-0.4, -0.2) is 46.7 Å². The molecule has 2 N–H and O–H groups in total. The molecule has 0 atom stereocenters. The second-order valence-corrected chi connectivity index (χ2v) is 4.79. The fourth-order valence-corrected chi connectivity index (χ4v) is 2.44. The van der Waals surface area contributed by atoms with Gasteiger partial charge in [0.1, 0.15) is 0 Å². The molecule has 0 aromatic rings. The molecule has 0 aromatic carbocycles. The van der Waals surface area contributed by atoms with Crippen molar-refractivity contribution >= 4 is 11.9 Å². The van der Waals surface area contributed by atoms with Crippen molar-refractivity contribution in [3.05, 3.63) is 0 Å². The molecule has 1 rings (SSSR count). The summed E-state index contributed by atoms with van der Waals surface area (Å²) in [5.74, 6) is -1.28. The van der Waals surface area contributed by atoms with Crippen molar-refractivity contribution in [1.29, 1.82) is 0 Å². The Morgan fingerprint density at radius 1 is 1.00 bits per heavy atom. The molecule has 0 amide bonds. The van der Waals surface area contributed by atoms with Gasteiger partial charge in [-0.1, -0.05) is 32.1 Å². The highest BCUT2D eigenvalue weighted by atomic mass is 16.4. The van der Waals surface area contributed by atoms with Crippen LogP contribution in [0.25, 0.3) is 0 Å². The third-order valence-electron chi connectivity index (χ3n) is 3.30. The lowest BCUT2D eigenvalue weighted by atomic mass is 9.87. The van der Waals surface area contributed by atoms with Gasteiger partial charge in [-0.3, -0.25) is 14.5 Å². The van der Waals surface area contributed by atoms with E-state index in [1.165, 1.54) is 37.0 Å². The molecule has 98 valence electrons. The Labute approximate surface area is 101 Å². The van der Waals surface area contributed by atoms with Crippen molar-refractivity contribution in [2.75, 3.05) is 19.6 Å². The molecule has 17 heavy (non-hydrogen) atoms. The molecule has 0 aliphatic heterocycles. The summed E-state index contributed by atoms with van der Waals surface area (Å²) in [5, 5.41) is 17.4. The lowest BCUT2D eigenvalue weighted by molar-refractivity contribution is -0.141. The van der Waals surface area contributed by atoms with Gasteiger partial charge in [0.2, 0.25) is 0 Å². The molecule has 0 spiro atoms. The summed E-state index contributed by atoms with van der Waals surface area (Å²) >= 11 is 0. The van der Waals surface area contributed by atoms with Gasteiger partial charge in [0.05, 0.1) is 13.1 Å². The summed E-state index contributed by atoms with van der Waals surface area (Å²) < 4.78 is 0. The van der Waals surface area contributed by atoms with E-state index in [1.807, 2.05) is 0 Å². The molecule has 1 aliphatic carbocycles. The zero-order valence-corrected chi connectivity index (χ0v) is 10.1. The summed E-state index contributed by atoms with van der Waals surface area (Å²) in [6, 6.07) is 0. The quantitative estimate of drug-likeness (QED) is 0.707. The number of carboxylic acids is 2. The molecule has 1 fully saturated rings. The number of rotatable bonds is 7.